The number of nitrogens with zero attached hydrogens (tertiary/aromatic N) is 2. The van der Waals surface area contributed by atoms with Gasteiger partial charge in [-0.3, -0.25) is 4.79 Å². The summed E-state index contributed by atoms with van der Waals surface area (Å²) in [5.41, 5.74) is 0. The molecule has 0 saturated carbocycles. The van der Waals surface area contributed by atoms with Gasteiger partial charge in [-0.05, 0) is 0 Å². The molecule has 55 valence electrons. The first-order valence-corrected chi connectivity index (χ1v) is 2.67. The van der Waals surface area contributed by atoms with Gasteiger partial charge < -0.3 is 14.4 Å². The Morgan fingerprint density at radius 2 is 2.50 bits per heavy atom. The van der Waals surface area contributed by atoms with Gasteiger partial charge in [0.05, 0.1) is 5.82 Å². The number of aromatic carboxylic acids is 1. The molecule has 1 unspecified atom stereocenters. The maximum Gasteiger partial charge on any atom is 0.286 e. The van der Waals surface area contributed by atoms with E-state index in [9.17, 15) is 4.79 Å². The van der Waals surface area contributed by atoms with Gasteiger partial charge in [0.2, 0.25) is 0 Å². The molecule has 0 bridgehead atoms. The fourth-order valence-electron chi connectivity index (χ4n) is 0.429. The average molecular weight is 329 g/mol. The maximum absolute atomic E-state index is 10.2. The summed E-state index contributed by atoms with van der Waals surface area (Å²) in [5, 5.41) is 8.34. The third-order valence-electron chi connectivity index (χ3n) is 0.803. The van der Waals surface area contributed by atoms with Gasteiger partial charge in [-0.2, -0.15) is 0 Å². The van der Waals surface area contributed by atoms with E-state index in [-0.39, 0.29) is 26.2 Å². The van der Waals surface area contributed by atoms with Crippen molar-refractivity contribution in [2.75, 3.05) is 0 Å². The molecule has 0 aliphatic carbocycles. The zero-order valence-electron chi connectivity index (χ0n) is 4.78. The quantitative estimate of drug-likeness (QED) is 0.584. The summed E-state index contributed by atoms with van der Waals surface area (Å²) in [6.45, 7) is 0. The van der Waals surface area contributed by atoms with E-state index in [1.54, 1.807) is 0 Å². The van der Waals surface area contributed by atoms with Gasteiger partial charge >= 0.3 is 0 Å². The van der Waals surface area contributed by atoms with E-state index in [0.29, 0.717) is 0 Å². The summed E-state index contributed by atoms with van der Waals surface area (Å²) in [6.07, 6.45) is 3.82. The molecule has 1 rings (SSSR count). The van der Waals surface area contributed by atoms with Crippen molar-refractivity contribution in [1.29, 1.82) is 0 Å². The van der Waals surface area contributed by atoms with Gasteiger partial charge in [-0.25, -0.2) is 0 Å². The van der Waals surface area contributed by atoms with Crippen LogP contribution in [0.3, 0.4) is 0 Å². The fourth-order valence-corrected chi connectivity index (χ4v) is 0.664. The standard InChI is InChI=1S/C4H4N2O2P.Re/c7-4(8)3-5-1-2-6(3)9;/h2H,9H2,(H,7,8);/q-1;. The zero-order chi connectivity index (χ0) is 6.85. The third kappa shape index (κ3) is 1.88. The maximum atomic E-state index is 10.2. The first-order valence-electron chi connectivity index (χ1n) is 2.15. The second-order valence-corrected chi connectivity index (χ2v) is 1.96. The first kappa shape index (κ1) is 9.77. The van der Waals surface area contributed by atoms with E-state index in [1.807, 2.05) is 0 Å². The number of hydrogen-bond acceptors (Lipinski definition) is 2. The number of rotatable bonds is 1. The van der Waals surface area contributed by atoms with Gasteiger partial charge in [0.25, 0.3) is 5.97 Å². The van der Waals surface area contributed by atoms with E-state index >= 15 is 0 Å². The minimum atomic E-state index is -1.05. The summed E-state index contributed by atoms with van der Waals surface area (Å²) in [6, 6.07) is 0. The van der Waals surface area contributed by atoms with Crippen LogP contribution in [-0.2, 0) is 20.4 Å². The molecular weight excluding hydrogens is 325 g/mol. The van der Waals surface area contributed by atoms with Crippen molar-refractivity contribution < 1.29 is 30.3 Å². The smallest absolute Gasteiger partial charge is 0.286 e. The van der Waals surface area contributed by atoms with E-state index in [2.05, 4.69) is 20.6 Å². The Kier molecular flexibility index (Phi) is 3.74. The van der Waals surface area contributed by atoms with Crippen LogP contribution in [0, 0.1) is 6.20 Å². The molecule has 1 radical (unpaired) electrons. The second kappa shape index (κ2) is 3.82. The molecule has 0 amide bonds. The number of aromatic nitrogens is 2. The summed E-state index contributed by atoms with van der Waals surface area (Å²) < 4.78 is 1.31. The minimum absolute atomic E-state index is 0. The Bertz CT molecular complexity index is 237. The predicted molar refractivity (Wildman–Crippen MR) is 33.1 cm³/mol. The molecule has 0 aromatic carbocycles. The molecule has 0 aliphatic heterocycles. The molecule has 10 heavy (non-hydrogen) atoms. The monoisotopic (exact) mass is 330 g/mol. The van der Waals surface area contributed by atoms with Crippen LogP contribution in [0.15, 0.2) is 6.20 Å². The van der Waals surface area contributed by atoms with Crippen molar-refractivity contribution >= 4 is 15.4 Å². The topological polar surface area (TPSA) is 55.1 Å². The second-order valence-electron chi connectivity index (χ2n) is 1.41. The molecule has 1 aromatic heterocycles. The van der Waals surface area contributed by atoms with Gasteiger partial charge in [0, 0.05) is 20.4 Å². The Morgan fingerprint density at radius 1 is 1.90 bits per heavy atom. The van der Waals surface area contributed by atoms with Gasteiger partial charge in [-0.15, -0.1) is 6.20 Å². The van der Waals surface area contributed by atoms with Crippen LogP contribution in [0.25, 0.3) is 0 Å². The minimum Gasteiger partial charge on any atom is -0.489 e. The van der Waals surface area contributed by atoms with Gasteiger partial charge in [-0.1, -0.05) is 15.6 Å². The number of hydrogen-bond donors (Lipinski definition) is 1. The van der Waals surface area contributed by atoms with Crippen molar-refractivity contribution in [3.8, 4) is 0 Å². The number of carboxylic acids is 1. The van der Waals surface area contributed by atoms with Crippen molar-refractivity contribution in [1.82, 2.24) is 9.32 Å². The van der Waals surface area contributed by atoms with E-state index in [1.165, 1.54) is 10.5 Å². The van der Waals surface area contributed by atoms with Crippen LogP contribution >= 0.6 is 9.39 Å². The Labute approximate surface area is 73.6 Å². The van der Waals surface area contributed by atoms with Crippen LogP contribution in [0.4, 0.5) is 0 Å². The summed E-state index contributed by atoms with van der Waals surface area (Å²) in [5.74, 6) is -1.08. The molecule has 6 heteroatoms. The van der Waals surface area contributed by atoms with Crippen molar-refractivity contribution in [3.05, 3.63) is 18.2 Å². The van der Waals surface area contributed by atoms with Crippen LogP contribution in [0.5, 0.6) is 0 Å². The molecule has 0 fully saturated rings. The van der Waals surface area contributed by atoms with Crippen molar-refractivity contribution in [2.45, 2.75) is 0 Å². The molecule has 1 aromatic rings. The van der Waals surface area contributed by atoms with Gasteiger partial charge in [0.1, 0.15) is 0 Å². The van der Waals surface area contributed by atoms with Crippen molar-refractivity contribution in [3.63, 3.8) is 0 Å². The Hall–Kier alpha value is -0.228. The fraction of sp³-hybridized carbons (Fsp3) is 0. The SMILES string of the molecule is O=C(O)c1n[c-]cn1P.[Re]. The summed E-state index contributed by atoms with van der Waals surface area (Å²) in [4.78, 5) is 13.6. The molecule has 1 atom stereocenters. The Morgan fingerprint density at radius 3 is 2.70 bits per heavy atom. The third-order valence-corrected chi connectivity index (χ3v) is 1.20. The first-order chi connectivity index (χ1) is 4.22. The molecule has 1 N–H and O–H groups in total. The normalized spacial score (nSPS) is 8.50. The van der Waals surface area contributed by atoms with Crippen molar-refractivity contribution in [2.24, 2.45) is 0 Å². The predicted octanol–water partition coefficient (Wildman–Crippen LogP) is 0.0172. The summed E-state index contributed by atoms with van der Waals surface area (Å²) >= 11 is 0. The van der Waals surface area contributed by atoms with Crippen LogP contribution in [0.2, 0.25) is 0 Å². The number of carbonyl (C=O) groups is 1. The van der Waals surface area contributed by atoms with E-state index in [0.717, 1.165) is 0 Å². The zero-order valence-corrected chi connectivity index (χ0v) is 8.65. The molecular formula is C4H4N2O2PRe-. The number of carboxylic acid groups (broad SMARTS) is 1. The molecule has 1 heterocycles. The summed E-state index contributed by atoms with van der Waals surface area (Å²) in [7, 11) is 2.18. The largest absolute Gasteiger partial charge is 0.489 e. The average Bonchev–Trinajstić information content (AvgIpc) is 2.13. The van der Waals surface area contributed by atoms with Gasteiger partial charge in [0.15, 0.2) is 0 Å². The van der Waals surface area contributed by atoms with E-state index < -0.39 is 5.97 Å². The molecule has 0 saturated heterocycles. The number of imidazole rings is 1. The Balaban J connectivity index is 0.000000810. The molecule has 0 spiro atoms. The van der Waals surface area contributed by atoms with Crippen LogP contribution in [0.1, 0.15) is 10.6 Å². The van der Waals surface area contributed by atoms with E-state index in [4.69, 9.17) is 5.11 Å². The van der Waals surface area contributed by atoms with Crippen LogP contribution in [-0.4, -0.2) is 20.4 Å². The van der Waals surface area contributed by atoms with Crippen LogP contribution < -0.4 is 0 Å². The molecule has 0 aliphatic rings. The molecule has 4 nitrogen and oxygen atoms in total.